The van der Waals surface area contributed by atoms with Crippen LogP contribution >= 0.6 is 11.3 Å². The summed E-state index contributed by atoms with van der Waals surface area (Å²) in [6.45, 7) is 0. The molecule has 25 heavy (non-hydrogen) atoms. The van der Waals surface area contributed by atoms with Crippen LogP contribution in [0.15, 0.2) is 24.3 Å². The largest absolute Gasteiger partial charge is 0.347 e. The first-order valence-corrected chi connectivity index (χ1v) is 9.15. The second kappa shape index (κ2) is 8.15. The van der Waals surface area contributed by atoms with Crippen molar-refractivity contribution in [2.24, 2.45) is 0 Å². The summed E-state index contributed by atoms with van der Waals surface area (Å²) in [4.78, 5) is 24.4. The van der Waals surface area contributed by atoms with E-state index in [2.05, 4.69) is 20.8 Å². The standard InChI is InChI=1S/C17H19FN4O2S/c18-11-7-9-13(10-8-11)20-15(24)17-22-21-16(25-17)14(23)19-12-5-3-1-2-4-6-12/h7-10,12H,1-6H2,(H,19,23)(H,20,24). The summed E-state index contributed by atoms with van der Waals surface area (Å²) in [5.41, 5.74) is 0.450. The van der Waals surface area contributed by atoms with Gasteiger partial charge in [-0.2, -0.15) is 0 Å². The Labute approximate surface area is 148 Å². The molecule has 1 aliphatic carbocycles. The number of hydrogen-bond donors (Lipinski definition) is 2. The number of hydrogen-bond acceptors (Lipinski definition) is 5. The third kappa shape index (κ3) is 4.82. The zero-order chi connectivity index (χ0) is 17.6. The molecule has 0 atom stereocenters. The summed E-state index contributed by atoms with van der Waals surface area (Å²) in [7, 11) is 0. The maximum Gasteiger partial charge on any atom is 0.286 e. The second-order valence-electron chi connectivity index (χ2n) is 6.04. The molecule has 1 aromatic heterocycles. The highest BCUT2D eigenvalue weighted by Crippen LogP contribution is 2.19. The topological polar surface area (TPSA) is 84.0 Å². The summed E-state index contributed by atoms with van der Waals surface area (Å²) in [6.07, 6.45) is 6.60. The van der Waals surface area contributed by atoms with Gasteiger partial charge in [-0.25, -0.2) is 4.39 Å². The van der Waals surface area contributed by atoms with Crippen LogP contribution in [0.5, 0.6) is 0 Å². The van der Waals surface area contributed by atoms with Crippen LogP contribution in [0.2, 0.25) is 0 Å². The van der Waals surface area contributed by atoms with E-state index >= 15 is 0 Å². The van der Waals surface area contributed by atoms with Gasteiger partial charge in [0.1, 0.15) is 5.82 Å². The van der Waals surface area contributed by atoms with E-state index in [-0.39, 0.29) is 27.8 Å². The number of amides is 2. The van der Waals surface area contributed by atoms with Crippen LogP contribution in [0, 0.1) is 5.82 Å². The van der Waals surface area contributed by atoms with Gasteiger partial charge in [0, 0.05) is 11.7 Å². The molecule has 1 aromatic carbocycles. The maximum atomic E-state index is 12.9. The van der Waals surface area contributed by atoms with Crippen molar-refractivity contribution < 1.29 is 14.0 Å². The van der Waals surface area contributed by atoms with Gasteiger partial charge in [-0.3, -0.25) is 9.59 Å². The number of benzene rings is 1. The van der Waals surface area contributed by atoms with Crippen LogP contribution in [0.25, 0.3) is 0 Å². The van der Waals surface area contributed by atoms with E-state index in [1.54, 1.807) is 0 Å². The lowest BCUT2D eigenvalue weighted by molar-refractivity contribution is 0.0931. The van der Waals surface area contributed by atoms with Crippen LogP contribution in [0.1, 0.15) is 58.1 Å². The Kier molecular flexibility index (Phi) is 5.70. The monoisotopic (exact) mass is 362 g/mol. The SMILES string of the molecule is O=C(Nc1ccc(F)cc1)c1nnc(C(=O)NC2CCCCCC2)s1. The number of nitrogens with zero attached hydrogens (tertiary/aromatic N) is 2. The minimum atomic E-state index is -0.474. The number of halogens is 1. The highest BCUT2D eigenvalue weighted by molar-refractivity contribution is 7.15. The van der Waals surface area contributed by atoms with Crippen molar-refractivity contribution in [3.63, 3.8) is 0 Å². The zero-order valence-corrected chi connectivity index (χ0v) is 14.4. The Hall–Kier alpha value is -2.35. The normalized spacial score (nSPS) is 15.4. The number of rotatable bonds is 4. The minimum absolute atomic E-state index is 0.0929. The van der Waals surface area contributed by atoms with Gasteiger partial charge in [-0.15, -0.1) is 10.2 Å². The molecule has 3 rings (SSSR count). The molecule has 1 fully saturated rings. The van der Waals surface area contributed by atoms with Gasteiger partial charge in [-0.05, 0) is 37.1 Å². The third-order valence-electron chi connectivity index (χ3n) is 4.11. The van der Waals surface area contributed by atoms with Gasteiger partial charge >= 0.3 is 0 Å². The number of carbonyl (C=O) groups excluding carboxylic acids is 2. The summed E-state index contributed by atoms with van der Waals surface area (Å²) in [5.74, 6) is -1.14. The molecule has 0 radical (unpaired) electrons. The molecular formula is C17H19FN4O2S. The van der Waals surface area contributed by atoms with E-state index in [1.165, 1.54) is 37.1 Å². The molecule has 132 valence electrons. The maximum absolute atomic E-state index is 12.9. The van der Waals surface area contributed by atoms with Crippen LogP contribution in [-0.4, -0.2) is 28.1 Å². The summed E-state index contributed by atoms with van der Waals surface area (Å²) in [6, 6.07) is 5.57. The van der Waals surface area contributed by atoms with E-state index in [9.17, 15) is 14.0 Å². The molecule has 0 bridgehead atoms. The van der Waals surface area contributed by atoms with Crippen molar-refractivity contribution >= 4 is 28.8 Å². The fourth-order valence-electron chi connectivity index (χ4n) is 2.80. The first-order chi connectivity index (χ1) is 12.1. The molecule has 0 spiro atoms. The molecule has 8 heteroatoms. The smallest absolute Gasteiger partial charge is 0.286 e. The molecule has 1 aliphatic rings. The molecule has 0 aliphatic heterocycles. The van der Waals surface area contributed by atoms with Crippen molar-refractivity contribution in [2.75, 3.05) is 5.32 Å². The van der Waals surface area contributed by atoms with Gasteiger partial charge in [-0.1, -0.05) is 37.0 Å². The number of carbonyl (C=O) groups is 2. The average molecular weight is 362 g/mol. The molecule has 1 heterocycles. The highest BCUT2D eigenvalue weighted by Gasteiger charge is 2.21. The fraction of sp³-hybridized carbons (Fsp3) is 0.412. The highest BCUT2D eigenvalue weighted by atomic mass is 32.1. The van der Waals surface area contributed by atoms with Gasteiger partial charge in [0.25, 0.3) is 11.8 Å². The van der Waals surface area contributed by atoms with Crippen molar-refractivity contribution in [3.8, 4) is 0 Å². The van der Waals surface area contributed by atoms with E-state index < -0.39 is 5.91 Å². The van der Waals surface area contributed by atoms with E-state index in [0.717, 1.165) is 37.0 Å². The third-order valence-corrected chi connectivity index (χ3v) is 5.03. The van der Waals surface area contributed by atoms with Gasteiger partial charge < -0.3 is 10.6 Å². The van der Waals surface area contributed by atoms with Crippen LogP contribution in [0.3, 0.4) is 0 Å². The molecule has 2 aromatic rings. The first-order valence-electron chi connectivity index (χ1n) is 8.33. The van der Waals surface area contributed by atoms with Gasteiger partial charge in [0.15, 0.2) is 0 Å². The molecule has 2 N–H and O–H groups in total. The van der Waals surface area contributed by atoms with E-state index in [1.807, 2.05) is 0 Å². The predicted octanol–water partition coefficient (Wildman–Crippen LogP) is 3.38. The average Bonchev–Trinajstić information content (AvgIpc) is 2.97. The van der Waals surface area contributed by atoms with Crippen molar-refractivity contribution in [1.29, 1.82) is 0 Å². The van der Waals surface area contributed by atoms with E-state index in [0.29, 0.717) is 5.69 Å². The number of nitrogens with one attached hydrogen (secondary N) is 2. The van der Waals surface area contributed by atoms with Crippen molar-refractivity contribution in [2.45, 2.75) is 44.6 Å². The minimum Gasteiger partial charge on any atom is -0.347 e. The predicted molar refractivity (Wildman–Crippen MR) is 93.2 cm³/mol. The molecule has 0 saturated heterocycles. The van der Waals surface area contributed by atoms with Crippen LogP contribution in [0.4, 0.5) is 10.1 Å². The Morgan fingerprint density at radius 2 is 1.56 bits per heavy atom. The fourth-order valence-corrected chi connectivity index (χ4v) is 3.44. The van der Waals surface area contributed by atoms with Crippen molar-refractivity contribution in [1.82, 2.24) is 15.5 Å². The summed E-state index contributed by atoms with van der Waals surface area (Å²) < 4.78 is 12.9. The van der Waals surface area contributed by atoms with Crippen LogP contribution < -0.4 is 10.6 Å². The zero-order valence-electron chi connectivity index (χ0n) is 13.6. The Balaban J connectivity index is 1.59. The molecule has 6 nitrogen and oxygen atoms in total. The Bertz CT molecular complexity index is 739. The number of aromatic nitrogens is 2. The Morgan fingerprint density at radius 3 is 2.20 bits per heavy atom. The lowest BCUT2D eigenvalue weighted by atomic mass is 10.1. The number of anilines is 1. The summed E-state index contributed by atoms with van der Waals surface area (Å²) >= 11 is 0.945. The van der Waals surface area contributed by atoms with Gasteiger partial charge in [0.05, 0.1) is 0 Å². The van der Waals surface area contributed by atoms with E-state index in [4.69, 9.17) is 0 Å². The van der Waals surface area contributed by atoms with Crippen molar-refractivity contribution in [3.05, 3.63) is 40.1 Å². The van der Waals surface area contributed by atoms with Gasteiger partial charge in [0.2, 0.25) is 10.0 Å². The molecule has 1 saturated carbocycles. The molecule has 2 amide bonds. The lowest BCUT2D eigenvalue weighted by Crippen LogP contribution is -2.34. The lowest BCUT2D eigenvalue weighted by Gasteiger charge is -2.14. The van der Waals surface area contributed by atoms with Crippen LogP contribution in [-0.2, 0) is 0 Å². The Morgan fingerprint density at radius 1 is 0.960 bits per heavy atom. The second-order valence-corrected chi connectivity index (χ2v) is 7.01. The summed E-state index contributed by atoms with van der Waals surface area (Å²) in [5, 5.41) is 13.4. The molecular weight excluding hydrogens is 343 g/mol. The quantitative estimate of drug-likeness (QED) is 0.817. The molecule has 0 unspecified atom stereocenters. The first kappa shape index (κ1) is 17.5.